The van der Waals surface area contributed by atoms with Gasteiger partial charge in [0.25, 0.3) is 0 Å². The first kappa shape index (κ1) is 11.5. The highest BCUT2D eigenvalue weighted by Gasteiger charge is 1.93. The minimum absolute atomic E-state index is 0.253. The van der Waals surface area contributed by atoms with E-state index in [0.717, 1.165) is 30.6 Å². The Hall–Kier alpha value is -1.53. The molecule has 2 N–H and O–H groups in total. The molecular weight excluding hydrogens is 188 g/mol. The lowest BCUT2D eigenvalue weighted by Gasteiger charge is -2.05. The summed E-state index contributed by atoms with van der Waals surface area (Å²) in [5.41, 5.74) is 2.10. The number of rotatable bonds is 6. The first-order chi connectivity index (χ1) is 7.36. The maximum absolute atomic E-state index is 8.60. The van der Waals surface area contributed by atoms with Crippen LogP contribution >= 0.6 is 0 Å². The molecule has 0 fully saturated rings. The van der Waals surface area contributed by atoms with Gasteiger partial charge in [-0.25, -0.2) is 0 Å². The van der Waals surface area contributed by atoms with Crippen LogP contribution in [0.2, 0.25) is 0 Å². The molecule has 0 aliphatic heterocycles. The van der Waals surface area contributed by atoms with Crippen LogP contribution in [0.4, 0.5) is 5.69 Å². The largest absolute Gasteiger partial charge is 0.396 e. The van der Waals surface area contributed by atoms with E-state index in [2.05, 4.69) is 11.4 Å². The molecule has 0 atom stereocenters. The smallest absolute Gasteiger partial charge is 0.0669 e. The highest BCUT2D eigenvalue weighted by molar-refractivity contribution is 5.44. The van der Waals surface area contributed by atoms with Crippen molar-refractivity contribution in [3.05, 3.63) is 29.8 Å². The topological polar surface area (TPSA) is 56.0 Å². The molecule has 1 aromatic rings. The number of unbranched alkanes of at least 4 members (excludes halogenated alkanes) is 1. The SMILES string of the molecule is N#CCc1ccc(NCCCCO)cc1. The van der Waals surface area contributed by atoms with Crippen LogP contribution in [-0.2, 0) is 6.42 Å². The van der Waals surface area contributed by atoms with Gasteiger partial charge in [0.05, 0.1) is 12.5 Å². The van der Waals surface area contributed by atoms with E-state index in [1.54, 1.807) is 0 Å². The molecule has 0 heterocycles. The van der Waals surface area contributed by atoms with E-state index < -0.39 is 0 Å². The third-order valence-corrected chi connectivity index (χ3v) is 2.15. The van der Waals surface area contributed by atoms with Gasteiger partial charge in [-0.15, -0.1) is 0 Å². The number of benzene rings is 1. The number of aliphatic hydroxyl groups excluding tert-OH is 1. The summed E-state index contributed by atoms with van der Waals surface area (Å²) in [5.74, 6) is 0. The third kappa shape index (κ3) is 4.48. The van der Waals surface area contributed by atoms with Gasteiger partial charge >= 0.3 is 0 Å². The summed E-state index contributed by atoms with van der Waals surface area (Å²) < 4.78 is 0. The number of hydrogen-bond donors (Lipinski definition) is 2. The first-order valence-corrected chi connectivity index (χ1v) is 5.17. The van der Waals surface area contributed by atoms with Gasteiger partial charge in [-0.1, -0.05) is 12.1 Å². The van der Waals surface area contributed by atoms with Crippen molar-refractivity contribution in [2.45, 2.75) is 19.3 Å². The average molecular weight is 204 g/mol. The lowest BCUT2D eigenvalue weighted by Crippen LogP contribution is -2.02. The van der Waals surface area contributed by atoms with Gasteiger partial charge in [0.15, 0.2) is 0 Å². The Morgan fingerprint density at radius 2 is 1.93 bits per heavy atom. The molecule has 80 valence electrons. The molecule has 3 heteroatoms. The van der Waals surface area contributed by atoms with Crippen LogP contribution in [0.25, 0.3) is 0 Å². The van der Waals surface area contributed by atoms with Gasteiger partial charge in [-0.2, -0.15) is 5.26 Å². The van der Waals surface area contributed by atoms with E-state index in [-0.39, 0.29) is 6.61 Å². The summed E-state index contributed by atoms with van der Waals surface area (Å²) in [6, 6.07) is 9.98. The van der Waals surface area contributed by atoms with Gasteiger partial charge in [-0.3, -0.25) is 0 Å². The van der Waals surface area contributed by atoms with Gasteiger partial charge in [0, 0.05) is 18.8 Å². The van der Waals surface area contributed by atoms with Crippen LogP contribution in [0, 0.1) is 11.3 Å². The lowest BCUT2D eigenvalue weighted by molar-refractivity contribution is 0.286. The summed E-state index contributed by atoms with van der Waals surface area (Å²) in [4.78, 5) is 0. The zero-order chi connectivity index (χ0) is 10.9. The van der Waals surface area contributed by atoms with E-state index in [1.807, 2.05) is 24.3 Å². The predicted octanol–water partition coefficient (Wildman–Crippen LogP) is 1.94. The van der Waals surface area contributed by atoms with Gasteiger partial charge in [0.2, 0.25) is 0 Å². The lowest BCUT2D eigenvalue weighted by atomic mass is 10.1. The zero-order valence-electron chi connectivity index (χ0n) is 8.74. The van der Waals surface area contributed by atoms with Crippen molar-refractivity contribution in [2.75, 3.05) is 18.5 Å². The molecule has 15 heavy (non-hydrogen) atoms. The predicted molar refractivity (Wildman–Crippen MR) is 60.6 cm³/mol. The molecule has 0 spiro atoms. The van der Waals surface area contributed by atoms with Gasteiger partial charge in [-0.05, 0) is 30.5 Å². The molecule has 1 rings (SSSR count). The number of anilines is 1. The maximum atomic E-state index is 8.60. The summed E-state index contributed by atoms with van der Waals surface area (Å²) in [6.45, 7) is 1.13. The van der Waals surface area contributed by atoms with Crippen molar-refractivity contribution in [2.24, 2.45) is 0 Å². The monoisotopic (exact) mass is 204 g/mol. The highest BCUT2D eigenvalue weighted by atomic mass is 16.2. The highest BCUT2D eigenvalue weighted by Crippen LogP contribution is 2.09. The number of nitrogens with zero attached hydrogens (tertiary/aromatic N) is 1. The number of nitriles is 1. The molecule has 3 nitrogen and oxygen atoms in total. The Kier molecular flexibility index (Phi) is 5.28. The Labute approximate surface area is 90.4 Å². The fourth-order valence-corrected chi connectivity index (χ4v) is 1.30. The molecule has 0 aromatic heterocycles. The van der Waals surface area contributed by atoms with E-state index in [9.17, 15) is 0 Å². The molecule has 0 aliphatic carbocycles. The second-order valence-corrected chi connectivity index (χ2v) is 3.39. The average Bonchev–Trinajstić information content (AvgIpc) is 2.27. The Morgan fingerprint density at radius 3 is 2.53 bits per heavy atom. The molecule has 0 bridgehead atoms. The Morgan fingerprint density at radius 1 is 1.20 bits per heavy atom. The van der Waals surface area contributed by atoms with Crippen molar-refractivity contribution in [3.8, 4) is 6.07 Å². The zero-order valence-corrected chi connectivity index (χ0v) is 8.74. The third-order valence-electron chi connectivity index (χ3n) is 2.15. The summed E-state index contributed by atoms with van der Waals surface area (Å²) >= 11 is 0. The van der Waals surface area contributed by atoms with Crippen LogP contribution in [0.15, 0.2) is 24.3 Å². The minimum Gasteiger partial charge on any atom is -0.396 e. The molecular formula is C12H16N2O. The van der Waals surface area contributed by atoms with Gasteiger partial charge < -0.3 is 10.4 Å². The molecule has 0 unspecified atom stereocenters. The standard InChI is InChI=1S/C12H16N2O/c13-8-7-11-3-5-12(6-4-11)14-9-1-2-10-15/h3-6,14-15H,1-2,7,9-10H2. The second kappa shape index (κ2) is 6.86. The van der Waals surface area contributed by atoms with E-state index in [0.29, 0.717) is 6.42 Å². The first-order valence-electron chi connectivity index (χ1n) is 5.17. The molecule has 0 aliphatic rings. The van der Waals surface area contributed by atoms with Crippen LogP contribution in [0.1, 0.15) is 18.4 Å². The number of hydrogen-bond acceptors (Lipinski definition) is 3. The van der Waals surface area contributed by atoms with Crippen molar-refractivity contribution < 1.29 is 5.11 Å². The summed E-state index contributed by atoms with van der Waals surface area (Å²) in [6.07, 6.45) is 2.26. The Balaban J connectivity index is 2.33. The molecule has 0 saturated carbocycles. The van der Waals surface area contributed by atoms with E-state index >= 15 is 0 Å². The fourth-order valence-electron chi connectivity index (χ4n) is 1.30. The van der Waals surface area contributed by atoms with Crippen LogP contribution < -0.4 is 5.32 Å². The summed E-state index contributed by atoms with van der Waals surface area (Å²) in [5, 5.41) is 20.4. The second-order valence-electron chi connectivity index (χ2n) is 3.39. The van der Waals surface area contributed by atoms with Crippen LogP contribution in [0.5, 0.6) is 0 Å². The molecule has 0 radical (unpaired) electrons. The number of aliphatic hydroxyl groups is 1. The molecule has 0 amide bonds. The van der Waals surface area contributed by atoms with Crippen LogP contribution in [0.3, 0.4) is 0 Å². The minimum atomic E-state index is 0.253. The number of nitrogens with one attached hydrogen (secondary N) is 1. The van der Waals surface area contributed by atoms with E-state index in [4.69, 9.17) is 10.4 Å². The fraction of sp³-hybridized carbons (Fsp3) is 0.417. The Bertz CT molecular complexity index is 313. The van der Waals surface area contributed by atoms with Crippen molar-refractivity contribution in [1.82, 2.24) is 0 Å². The maximum Gasteiger partial charge on any atom is 0.0669 e. The normalized spacial score (nSPS) is 9.60. The van der Waals surface area contributed by atoms with Crippen molar-refractivity contribution in [1.29, 1.82) is 5.26 Å². The van der Waals surface area contributed by atoms with Crippen LogP contribution in [-0.4, -0.2) is 18.3 Å². The molecule has 0 saturated heterocycles. The van der Waals surface area contributed by atoms with E-state index in [1.165, 1.54) is 0 Å². The summed E-state index contributed by atoms with van der Waals surface area (Å²) in [7, 11) is 0. The van der Waals surface area contributed by atoms with Crippen molar-refractivity contribution in [3.63, 3.8) is 0 Å². The van der Waals surface area contributed by atoms with Gasteiger partial charge in [0.1, 0.15) is 0 Å². The molecule has 1 aromatic carbocycles. The van der Waals surface area contributed by atoms with Crippen molar-refractivity contribution >= 4 is 5.69 Å². The quantitative estimate of drug-likeness (QED) is 0.696.